The van der Waals surface area contributed by atoms with Crippen molar-refractivity contribution < 1.29 is 14.3 Å². The molecule has 0 unspecified atom stereocenters. The van der Waals surface area contributed by atoms with E-state index in [1.807, 2.05) is 0 Å². The molecule has 1 aromatic carbocycles. The maximum atomic E-state index is 12.5. The second-order valence-electron chi connectivity index (χ2n) is 4.84. The van der Waals surface area contributed by atoms with Crippen molar-refractivity contribution in [2.45, 2.75) is 32.6 Å². The Bertz CT molecular complexity index is 476. The van der Waals surface area contributed by atoms with E-state index < -0.39 is 0 Å². The van der Waals surface area contributed by atoms with Crippen molar-refractivity contribution >= 4 is 23.5 Å². The van der Waals surface area contributed by atoms with Crippen LogP contribution in [0.5, 0.6) is 0 Å². The molecule has 1 aromatic rings. The minimum absolute atomic E-state index is 0.0995. The summed E-state index contributed by atoms with van der Waals surface area (Å²) in [4.78, 5) is 25.5. The van der Waals surface area contributed by atoms with Gasteiger partial charge in [-0.2, -0.15) is 0 Å². The summed E-state index contributed by atoms with van der Waals surface area (Å²) in [7, 11) is 1.35. The average Bonchev–Trinajstić information content (AvgIpc) is 2.49. The molecule has 5 heteroatoms. The molecule has 0 fully saturated rings. The van der Waals surface area contributed by atoms with Gasteiger partial charge in [-0.25, -0.2) is 0 Å². The molecule has 0 aliphatic rings. The van der Waals surface area contributed by atoms with Crippen molar-refractivity contribution in [3.05, 3.63) is 34.9 Å². The Labute approximate surface area is 131 Å². The molecule has 0 heterocycles. The van der Waals surface area contributed by atoms with Crippen LogP contribution in [-0.2, 0) is 9.53 Å². The van der Waals surface area contributed by atoms with Gasteiger partial charge in [0.15, 0.2) is 0 Å². The summed E-state index contributed by atoms with van der Waals surface area (Å²) in [6, 6.07) is 6.86. The van der Waals surface area contributed by atoms with Gasteiger partial charge in [-0.05, 0) is 24.6 Å². The van der Waals surface area contributed by atoms with Crippen LogP contribution < -0.4 is 0 Å². The van der Waals surface area contributed by atoms with Gasteiger partial charge in [0.05, 0.1) is 13.5 Å². The standard InChI is InChI=1S/C16H22ClNO3/c1-3-4-5-10-18(11-9-15(19)21-2)16(20)13-7-6-8-14(17)12-13/h6-8,12H,3-5,9-11H2,1-2H3. The second-order valence-corrected chi connectivity index (χ2v) is 5.27. The second kappa shape index (κ2) is 9.40. The number of rotatable bonds is 8. The Balaban J connectivity index is 2.73. The van der Waals surface area contributed by atoms with Gasteiger partial charge in [-0.1, -0.05) is 37.4 Å². The van der Waals surface area contributed by atoms with Crippen LogP contribution in [0.3, 0.4) is 0 Å². The van der Waals surface area contributed by atoms with E-state index in [0.29, 0.717) is 23.7 Å². The zero-order chi connectivity index (χ0) is 15.7. The predicted molar refractivity (Wildman–Crippen MR) is 83.5 cm³/mol. The monoisotopic (exact) mass is 311 g/mol. The van der Waals surface area contributed by atoms with Crippen molar-refractivity contribution in [1.29, 1.82) is 0 Å². The number of carbonyl (C=O) groups excluding carboxylic acids is 2. The summed E-state index contributed by atoms with van der Waals surface area (Å²) in [5.74, 6) is -0.410. The fourth-order valence-electron chi connectivity index (χ4n) is 2.00. The van der Waals surface area contributed by atoms with Crippen LogP contribution in [0.15, 0.2) is 24.3 Å². The van der Waals surface area contributed by atoms with Crippen LogP contribution in [0.2, 0.25) is 5.02 Å². The van der Waals surface area contributed by atoms with E-state index in [0.717, 1.165) is 19.3 Å². The highest BCUT2D eigenvalue weighted by Crippen LogP contribution is 2.14. The minimum Gasteiger partial charge on any atom is -0.469 e. The smallest absolute Gasteiger partial charge is 0.307 e. The molecular formula is C16H22ClNO3. The van der Waals surface area contributed by atoms with Crippen molar-refractivity contribution in [1.82, 2.24) is 4.90 Å². The fourth-order valence-corrected chi connectivity index (χ4v) is 2.19. The summed E-state index contributed by atoms with van der Waals surface area (Å²) < 4.78 is 4.63. The topological polar surface area (TPSA) is 46.6 Å². The SMILES string of the molecule is CCCCCN(CCC(=O)OC)C(=O)c1cccc(Cl)c1. The van der Waals surface area contributed by atoms with Crippen LogP contribution in [0.25, 0.3) is 0 Å². The lowest BCUT2D eigenvalue weighted by Gasteiger charge is -2.22. The summed E-state index contributed by atoms with van der Waals surface area (Å²) >= 11 is 5.93. The van der Waals surface area contributed by atoms with Crippen LogP contribution in [0, 0.1) is 0 Å². The van der Waals surface area contributed by atoms with Crippen molar-refractivity contribution in [3.63, 3.8) is 0 Å². The normalized spacial score (nSPS) is 10.2. The summed E-state index contributed by atoms with van der Waals surface area (Å²) in [6.45, 7) is 3.11. The van der Waals surface area contributed by atoms with Crippen LogP contribution in [0.4, 0.5) is 0 Å². The van der Waals surface area contributed by atoms with Crippen LogP contribution >= 0.6 is 11.6 Å². The van der Waals surface area contributed by atoms with E-state index in [1.54, 1.807) is 29.2 Å². The number of hydrogen-bond acceptors (Lipinski definition) is 3. The van der Waals surface area contributed by atoms with E-state index >= 15 is 0 Å². The van der Waals surface area contributed by atoms with E-state index in [-0.39, 0.29) is 18.3 Å². The number of methoxy groups -OCH3 is 1. The Kier molecular flexibility index (Phi) is 7.83. The molecule has 0 aliphatic carbocycles. The molecule has 0 spiro atoms. The average molecular weight is 312 g/mol. The molecule has 0 atom stereocenters. The van der Waals surface area contributed by atoms with Crippen LogP contribution in [-0.4, -0.2) is 37.0 Å². The summed E-state index contributed by atoms with van der Waals surface area (Å²) in [5.41, 5.74) is 0.545. The number of halogens is 1. The number of carbonyl (C=O) groups is 2. The molecule has 1 amide bonds. The maximum absolute atomic E-state index is 12.5. The quantitative estimate of drug-likeness (QED) is 0.545. The first-order chi connectivity index (χ1) is 10.1. The summed E-state index contributed by atoms with van der Waals surface area (Å²) in [6.07, 6.45) is 3.26. The lowest BCUT2D eigenvalue weighted by atomic mass is 10.1. The Morgan fingerprint density at radius 1 is 1.24 bits per heavy atom. The molecule has 4 nitrogen and oxygen atoms in total. The zero-order valence-electron chi connectivity index (χ0n) is 12.6. The summed E-state index contributed by atoms with van der Waals surface area (Å²) in [5, 5.41) is 0.530. The maximum Gasteiger partial charge on any atom is 0.307 e. The Hall–Kier alpha value is -1.55. The first-order valence-corrected chi connectivity index (χ1v) is 7.58. The number of ether oxygens (including phenoxy) is 1. The number of amides is 1. The lowest BCUT2D eigenvalue weighted by Crippen LogP contribution is -2.34. The van der Waals surface area contributed by atoms with E-state index in [9.17, 15) is 9.59 Å². The third-order valence-corrected chi connectivity index (χ3v) is 3.44. The number of benzene rings is 1. The molecule has 1 rings (SSSR count). The molecule has 0 saturated carbocycles. The molecule has 0 aromatic heterocycles. The molecule has 0 saturated heterocycles. The first-order valence-electron chi connectivity index (χ1n) is 7.20. The third kappa shape index (κ3) is 6.17. The molecule has 0 aliphatic heterocycles. The van der Waals surface area contributed by atoms with E-state index in [2.05, 4.69) is 11.7 Å². The highest BCUT2D eigenvalue weighted by molar-refractivity contribution is 6.30. The molecule has 0 radical (unpaired) electrons. The van der Waals surface area contributed by atoms with Gasteiger partial charge in [-0.15, -0.1) is 0 Å². The Morgan fingerprint density at radius 3 is 2.62 bits per heavy atom. The van der Waals surface area contributed by atoms with Gasteiger partial charge in [0.1, 0.15) is 0 Å². The van der Waals surface area contributed by atoms with E-state index in [4.69, 9.17) is 11.6 Å². The molecule has 116 valence electrons. The van der Waals surface area contributed by atoms with Crippen molar-refractivity contribution in [3.8, 4) is 0 Å². The zero-order valence-corrected chi connectivity index (χ0v) is 13.4. The minimum atomic E-state index is -0.311. The van der Waals surface area contributed by atoms with Gasteiger partial charge >= 0.3 is 5.97 Å². The van der Waals surface area contributed by atoms with Gasteiger partial charge in [0, 0.05) is 23.7 Å². The largest absolute Gasteiger partial charge is 0.469 e. The molecule has 21 heavy (non-hydrogen) atoms. The predicted octanol–water partition coefficient (Wildman–Crippen LogP) is 3.54. The van der Waals surface area contributed by atoms with Crippen molar-refractivity contribution in [2.75, 3.05) is 20.2 Å². The van der Waals surface area contributed by atoms with E-state index in [1.165, 1.54) is 7.11 Å². The molecule has 0 N–H and O–H groups in total. The Morgan fingerprint density at radius 2 is 2.00 bits per heavy atom. The van der Waals surface area contributed by atoms with Crippen molar-refractivity contribution in [2.24, 2.45) is 0 Å². The fraction of sp³-hybridized carbons (Fsp3) is 0.500. The third-order valence-electron chi connectivity index (χ3n) is 3.20. The highest BCUT2D eigenvalue weighted by Gasteiger charge is 2.17. The van der Waals surface area contributed by atoms with Crippen LogP contribution in [0.1, 0.15) is 43.0 Å². The van der Waals surface area contributed by atoms with Gasteiger partial charge in [0.25, 0.3) is 5.91 Å². The molecule has 0 bridgehead atoms. The number of unbranched alkanes of at least 4 members (excludes halogenated alkanes) is 2. The lowest BCUT2D eigenvalue weighted by molar-refractivity contribution is -0.140. The van der Waals surface area contributed by atoms with Gasteiger partial charge in [0.2, 0.25) is 0 Å². The highest BCUT2D eigenvalue weighted by atomic mass is 35.5. The van der Waals surface area contributed by atoms with Gasteiger partial charge in [-0.3, -0.25) is 9.59 Å². The number of hydrogen-bond donors (Lipinski definition) is 0. The first kappa shape index (κ1) is 17.5. The van der Waals surface area contributed by atoms with Gasteiger partial charge < -0.3 is 9.64 Å². The number of nitrogens with zero attached hydrogens (tertiary/aromatic N) is 1. The number of esters is 1. The molecular weight excluding hydrogens is 290 g/mol.